The minimum Gasteiger partial charge on any atom is -0.497 e. The first-order valence-corrected chi connectivity index (χ1v) is 9.98. The van der Waals surface area contributed by atoms with Crippen molar-refractivity contribution in [1.29, 1.82) is 0 Å². The highest BCUT2D eigenvalue weighted by molar-refractivity contribution is 5.94. The van der Waals surface area contributed by atoms with Crippen LogP contribution in [0.5, 0.6) is 5.75 Å². The van der Waals surface area contributed by atoms with Crippen molar-refractivity contribution in [3.05, 3.63) is 88.3 Å². The summed E-state index contributed by atoms with van der Waals surface area (Å²) < 4.78 is 6.81. The van der Waals surface area contributed by atoms with Gasteiger partial charge in [-0.25, -0.2) is 9.97 Å². The van der Waals surface area contributed by atoms with Gasteiger partial charge in [0, 0.05) is 30.4 Å². The van der Waals surface area contributed by atoms with Crippen molar-refractivity contribution in [3.8, 4) is 17.0 Å². The minimum atomic E-state index is -0.205. The van der Waals surface area contributed by atoms with Crippen LogP contribution in [0.1, 0.15) is 22.8 Å². The highest BCUT2D eigenvalue weighted by Gasteiger charge is 2.13. The number of aryl methyl sites for hydroxylation is 1. The van der Waals surface area contributed by atoms with Gasteiger partial charge in [0.2, 0.25) is 0 Å². The molecule has 0 aliphatic heterocycles. The first-order valence-electron chi connectivity index (χ1n) is 9.98. The van der Waals surface area contributed by atoms with Crippen molar-refractivity contribution >= 4 is 17.1 Å². The van der Waals surface area contributed by atoms with Crippen LogP contribution in [0, 0.1) is 0 Å². The van der Waals surface area contributed by atoms with Crippen LogP contribution >= 0.6 is 0 Å². The van der Waals surface area contributed by atoms with E-state index < -0.39 is 0 Å². The molecule has 2 aromatic carbocycles. The SMILES string of the molecule is CCn1c(=O)c(-c2ccc(C(=O)NCc3cccc(OC)c3)cc2)nc2cccnc21. The summed E-state index contributed by atoms with van der Waals surface area (Å²) in [7, 11) is 1.61. The second-order valence-corrected chi connectivity index (χ2v) is 6.97. The molecule has 0 aliphatic rings. The molecule has 4 aromatic rings. The Morgan fingerprint density at radius 2 is 1.90 bits per heavy atom. The van der Waals surface area contributed by atoms with Crippen molar-refractivity contribution in [3.63, 3.8) is 0 Å². The summed E-state index contributed by atoms with van der Waals surface area (Å²) in [5.74, 6) is 0.544. The number of benzene rings is 2. The van der Waals surface area contributed by atoms with Crippen molar-refractivity contribution in [2.45, 2.75) is 20.0 Å². The number of hydrogen-bond acceptors (Lipinski definition) is 5. The molecular weight excluding hydrogens is 392 g/mol. The van der Waals surface area contributed by atoms with Crippen LogP contribution < -0.4 is 15.6 Å². The normalized spacial score (nSPS) is 10.8. The minimum absolute atomic E-state index is 0.198. The average Bonchev–Trinajstić information content (AvgIpc) is 2.82. The quantitative estimate of drug-likeness (QED) is 0.523. The summed E-state index contributed by atoms with van der Waals surface area (Å²) in [4.78, 5) is 34.2. The van der Waals surface area contributed by atoms with E-state index in [0.29, 0.717) is 41.1 Å². The Morgan fingerprint density at radius 3 is 2.65 bits per heavy atom. The molecule has 0 unspecified atom stereocenters. The van der Waals surface area contributed by atoms with Gasteiger partial charge in [-0.1, -0.05) is 24.3 Å². The van der Waals surface area contributed by atoms with Crippen LogP contribution in [-0.2, 0) is 13.1 Å². The fourth-order valence-electron chi connectivity index (χ4n) is 3.40. The van der Waals surface area contributed by atoms with Crippen molar-refractivity contribution in [2.24, 2.45) is 0 Å². The molecule has 2 aromatic heterocycles. The molecule has 4 rings (SSSR count). The van der Waals surface area contributed by atoms with Crippen LogP contribution in [0.2, 0.25) is 0 Å². The van der Waals surface area contributed by atoms with E-state index in [-0.39, 0.29) is 11.5 Å². The number of amides is 1. The molecule has 1 amide bonds. The molecule has 0 saturated heterocycles. The zero-order chi connectivity index (χ0) is 21.8. The van der Waals surface area contributed by atoms with Crippen molar-refractivity contribution in [2.75, 3.05) is 7.11 Å². The van der Waals surface area contributed by atoms with Gasteiger partial charge < -0.3 is 10.1 Å². The van der Waals surface area contributed by atoms with Crippen molar-refractivity contribution in [1.82, 2.24) is 19.9 Å². The zero-order valence-electron chi connectivity index (χ0n) is 17.3. The lowest BCUT2D eigenvalue weighted by Gasteiger charge is -2.10. The highest BCUT2D eigenvalue weighted by Crippen LogP contribution is 2.18. The van der Waals surface area contributed by atoms with E-state index in [0.717, 1.165) is 11.3 Å². The molecule has 0 spiro atoms. The Morgan fingerprint density at radius 1 is 1.10 bits per heavy atom. The molecule has 0 atom stereocenters. The van der Waals surface area contributed by atoms with Gasteiger partial charge in [0.05, 0.1) is 7.11 Å². The zero-order valence-corrected chi connectivity index (χ0v) is 17.3. The van der Waals surface area contributed by atoms with E-state index in [1.165, 1.54) is 0 Å². The summed E-state index contributed by atoms with van der Waals surface area (Å²) >= 11 is 0. The number of fused-ring (bicyclic) bond motifs is 1. The van der Waals surface area contributed by atoms with Gasteiger partial charge in [0.15, 0.2) is 5.65 Å². The molecule has 0 fully saturated rings. The smallest absolute Gasteiger partial charge is 0.278 e. The molecule has 7 nitrogen and oxygen atoms in total. The van der Waals surface area contributed by atoms with Gasteiger partial charge in [0.25, 0.3) is 11.5 Å². The van der Waals surface area contributed by atoms with Crippen LogP contribution in [0.4, 0.5) is 0 Å². The molecule has 0 saturated carbocycles. The molecule has 156 valence electrons. The number of carbonyl (C=O) groups excluding carboxylic acids is 1. The number of nitrogens with zero attached hydrogens (tertiary/aromatic N) is 3. The Labute approximate surface area is 179 Å². The predicted molar refractivity (Wildman–Crippen MR) is 119 cm³/mol. The average molecular weight is 414 g/mol. The van der Waals surface area contributed by atoms with Gasteiger partial charge >= 0.3 is 0 Å². The molecule has 0 aliphatic carbocycles. The number of pyridine rings is 1. The monoisotopic (exact) mass is 414 g/mol. The topological polar surface area (TPSA) is 86.1 Å². The largest absolute Gasteiger partial charge is 0.497 e. The van der Waals surface area contributed by atoms with Gasteiger partial charge in [-0.15, -0.1) is 0 Å². The third-order valence-corrected chi connectivity index (χ3v) is 5.03. The van der Waals surface area contributed by atoms with Gasteiger partial charge in [0.1, 0.15) is 17.0 Å². The van der Waals surface area contributed by atoms with E-state index >= 15 is 0 Å². The van der Waals surface area contributed by atoms with Gasteiger partial charge in [-0.05, 0) is 48.9 Å². The third kappa shape index (κ3) is 4.16. The van der Waals surface area contributed by atoms with Crippen LogP contribution in [0.25, 0.3) is 22.4 Å². The Hall–Kier alpha value is -4.00. The third-order valence-electron chi connectivity index (χ3n) is 5.03. The highest BCUT2D eigenvalue weighted by atomic mass is 16.5. The number of ether oxygens (including phenoxy) is 1. The van der Waals surface area contributed by atoms with Crippen LogP contribution in [0.3, 0.4) is 0 Å². The standard InChI is InChI=1S/C24H22N4O3/c1-3-28-22-20(8-5-13-25-22)27-21(24(28)30)17-9-11-18(12-10-17)23(29)26-15-16-6-4-7-19(14-16)31-2/h4-14H,3,15H2,1-2H3,(H,26,29). The summed E-state index contributed by atoms with van der Waals surface area (Å²) in [6.45, 7) is 2.78. The molecular formula is C24H22N4O3. The Kier molecular flexibility index (Phi) is 5.75. The lowest BCUT2D eigenvalue weighted by atomic mass is 10.1. The maximum Gasteiger partial charge on any atom is 0.278 e. The number of aromatic nitrogens is 3. The van der Waals surface area contributed by atoms with E-state index in [4.69, 9.17) is 4.74 Å². The Balaban J connectivity index is 1.56. The van der Waals surface area contributed by atoms with E-state index in [1.54, 1.807) is 48.2 Å². The Bertz CT molecular complexity index is 1300. The molecule has 2 heterocycles. The number of hydrogen-bond donors (Lipinski definition) is 1. The summed E-state index contributed by atoms with van der Waals surface area (Å²) in [5.41, 5.74) is 3.45. The number of carbonyl (C=O) groups is 1. The summed E-state index contributed by atoms with van der Waals surface area (Å²) in [6, 6.07) is 18.0. The fraction of sp³-hybridized carbons (Fsp3) is 0.167. The lowest BCUT2D eigenvalue weighted by Crippen LogP contribution is -2.24. The second-order valence-electron chi connectivity index (χ2n) is 6.97. The number of rotatable bonds is 6. The lowest BCUT2D eigenvalue weighted by molar-refractivity contribution is 0.0951. The number of nitrogens with one attached hydrogen (secondary N) is 1. The fourth-order valence-corrected chi connectivity index (χ4v) is 3.40. The molecule has 7 heteroatoms. The first kappa shape index (κ1) is 20.3. The molecule has 0 radical (unpaired) electrons. The molecule has 0 bridgehead atoms. The second kappa shape index (κ2) is 8.79. The van der Waals surface area contributed by atoms with Gasteiger partial charge in [-0.3, -0.25) is 14.2 Å². The van der Waals surface area contributed by atoms with E-state index in [9.17, 15) is 9.59 Å². The maximum absolute atomic E-state index is 12.9. The number of methoxy groups -OCH3 is 1. The maximum atomic E-state index is 12.9. The summed E-state index contributed by atoms with van der Waals surface area (Å²) in [5, 5.41) is 2.90. The van der Waals surface area contributed by atoms with E-state index in [1.807, 2.05) is 37.3 Å². The van der Waals surface area contributed by atoms with Crippen molar-refractivity contribution < 1.29 is 9.53 Å². The molecule has 1 N–H and O–H groups in total. The van der Waals surface area contributed by atoms with Crippen LogP contribution in [-0.4, -0.2) is 27.6 Å². The van der Waals surface area contributed by atoms with E-state index in [2.05, 4.69) is 15.3 Å². The van der Waals surface area contributed by atoms with Gasteiger partial charge in [-0.2, -0.15) is 0 Å². The predicted octanol–water partition coefficient (Wildman–Crippen LogP) is 3.42. The molecule has 31 heavy (non-hydrogen) atoms. The first-order chi connectivity index (χ1) is 15.1. The summed E-state index contributed by atoms with van der Waals surface area (Å²) in [6.07, 6.45) is 1.65. The van der Waals surface area contributed by atoms with Crippen LogP contribution in [0.15, 0.2) is 71.7 Å².